The lowest BCUT2D eigenvalue weighted by atomic mass is 10.1. The van der Waals surface area contributed by atoms with Crippen LogP contribution in [-0.2, 0) is 6.18 Å². The van der Waals surface area contributed by atoms with E-state index in [2.05, 4.69) is 33.1 Å². The van der Waals surface area contributed by atoms with E-state index < -0.39 is 23.5 Å². The van der Waals surface area contributed by atoms with Crippen LogP contribution in [0.4, 0.5) is 17.6 Å². The van der Waals surface area contributed by atoms with Crippen LogP contribution in [0.3, 0.4) is 0 Å². The van der Waals surface area contributed by atoms with Crippen molar-refractivity contribution in [3.8, 4) is 11.8 Å². The minimum Gasteiger partial charge on any atom is -0.341 e. The third-order valence-electron chi connectivity index (χ3n) is 2.94. The first-order valence-corrected chi connectivity index (χ1v) is 7.46. The quantitative estimate of drug-likeness (QED) is 0.588. The van der Waals surface area contributed by atoms with E-state index in [0.29, 0.717) is 4.47 Å². The SMILES string of the molecule is O=C(NCC#Cc1cccc(C(F)(F)F)c1)c1ccc(F)cc1Br. The molecule has 0 unspecified atom stereocenters. The van der Waals surface area contributed by atoms with Crippen LogP contribution >= 0.6 is 15.9 Å². The van der Waals surface area contributed by atoms with Crippen LogP contribution < -0.4 is 5.32 Å². The smallest absolute Gasteiger partial charge is 0.341 e. The largest absolute Gasteiger partial charge is 0.416 e. The van der Waals surface area contributed by atoms with Crippen molar-refractivity contribution in [3.63, 3.8) is 0 Å². The van der Waals surface area contributed by atoms with E-state index in [-0.39, 0.29) is 17.7 Å². The molecule has 0 saturated carbocycles. The van der Waals surface area contributed by atoms with Crippen molar-refractivity contribution in [2.75, 3.05) is 6.54 Å². The van der Waals surface area contributed by atoms with Crippen molar-refractivity contribution in [1.82, 2.24) is 5.32 Å². The normalized spacial score (nSPS) is 10.7. The number of nitrogens with one attached hydrogen (secondary N) is 1. The van der Waals surface area contributed by atoms with E-state index in [1.165, 1.54) is 18.2 Å². The zero-order chi connectivity index (χ0) is 17.7. The monoisotopic (exact) mass is 399 g/mol. The van der Waals surface area contributed by atoms with Crippen LogP contribution in [0.1, 0.15) is 21.5 Å². The highest BCUT2D eigenvalue weighted by Crippen LogP contribution is 2.29. The molecule has 2 rings (SSSR count). The summed E-state index contributed by atoms with van der Waals surface area (Å²) in [6.07, 6.45) is -4.43. The number of amides is 1. The number of rotatable bonds is 2. The van der Waals surface area contributed by atoms with Crippen LogP contribution in [0, 0.1) is 17.7 Å². The van der Waals surface area contributed by atoms with Crippen molar-refractivity contribution < 1.29 is 22.4 Å². The Labute approximate surface area is 144 Å². The number of carbonyl (C=O) groups is 1. The molecule has 24 heavy (non-hydrogen) atoms. The predicted octanol–water partition coefficient (Wildman–Crippen LogP) is 4.39. The Morgan fingerprint density at radius 2 is 1.92 bits per heavy atom. The summed E-state index contributed by atoms with van der Waals surface area (Å²) in [7, 11) is 0. The average Bonchev–Trinajstić information content (AvgIpc) is 2.51. The molecule has 0 bridgehead atoms. The van der Waals surface area contributed by atoms with E-state index >= 15 is 0 Å². The first kappa shape index (κ1) is 18.0. The zero-order valence-electron chi connectivity index (χ0n) is 12.0. The molecule has 2 aromatic carbocycles. The zero-order valence-corrected chi connectivity index (χ0v) is 13.6. The van der Waals surface area contributed by atoms with Crippen LogP contribution in [0.15, 0.2) is 46.9 Å². The highest BCUT2D eigenvalue weighted by atomic mass is 79.9. The molecule has 0 heterocycles. The molecule has 7 heteroatoms. The summed E-state index contributed by atoms with van der Waals surface area (Å²) in [5.74, 6) is 4.17. The van der Waals surface area contributed by atoms with Gasteiger partial charge in [-0.3, -0.25) is 4.79 Å². The number of halogens is 5. The van der Waals surface area contributed by atoms with Crippen molar-refractivity contribution in [1.29, 1.82) is 0 Å². The molecule has 0 fully saturated rings. The fourth-order valence-corrected chi connectivity index (χ4v) is 2.34. The number of hydrogen-bond donors (Lipinski definition) is 1. The molecule has 0 saturated heterocycles. The standard InChI is InChI=1S/C17H10BrF4NO/c18-15-10-13(19)6-7-14(15)16(24)23-8-2-4-11-3-1-5-12(9-11)17(20,21)22/h1,3,5-7,9-10H,8H2,(H,23,24). The van der Waals surface area contributed by atoms with Crippen LogP contribution in [-0.4, -0.2) is 12.5 Å². The fraction of sp³-hybridized carbons (Fsp3) is 0.118. The molecule has 2 aromatic rings. The minimum absolute atomic E-state index is 0.0567. The Morgan fingerprint density at radius 1 is 1.17 bits per heavy atom. The molecule has 0 aromatic heterocycles. The summed E-state index contributed by atoms with van der Waals surface area (Å²) in [5, 5.41) is 2.49. The Balaban J connectivity index is 2.00. The summed E-state index contributed by atoms with van der Waals surface area (Å²) in [4.78, 5) is 11.9. The lowest BCUT2D eigenvalue weighted by Crippen LogP contribution is -2.24. The second kappa shape index (κ2) is 7.49. The number of benzene rings is 2. The molecule has 2 nitrogen and oxygen atoms in total. The molecule has 0 aliphatic carbocycles. The molecule has 1 N–H and O–H groups in total. The number of carbonyl (C=O) groups excluding carboxylic acids is 1. The molecular weight excluding hydrogens is 390 g/mol. The number of alkyl halides is 3. The van der Waals surface area contributed by atoms with E-state index in [1.807, 2.05) is 0 Å². The molecule has 0 spiro atoms. The van der Waals surface area contributed by atoms with Crippen molar-refractivity contribution in [2.24, 2.45) is 0 Å². The highest BCUT2D eigenvalue weighted by Gasteiger charge is 2.30. The Bertz CT molecular complexity index is 821. The summed E-state index contributed by atoms with van der Waals surface area (Å²) in [6, 6.07) is 8.22. The Kier molecular flexibility index (Phi) is 5.62. The van der Waals surface area contributed by atoms with Gasteiger partial charge >= 0.3 is 6.18 Å². The Morgan fingerprint density at radius 3 is 2.58 bits per heavy atom. The van der Waals surface area contributed by atoms with Gasteiger partial charge in [0.05, 0.1) is 17.7 Å². The van der Waals surface area contributed by atoms with Gasteiger partial charge in [0.2, 0.25) is 0 Å². The van der Waals surface area contributed by atoms with Gasteiger partial charge in [-0.15, -0.1) is 0 Å². The lowest BCUT2D eigenvalue weighted by Gasteiger charge is -2.06. The summed E-state index contributed by atoms with van der Waals surface area (Å²) in [5.41, 5.74) is -0.354. The first-order valence-electron chi connectivity index (χ1n) is 6.67. The van der Waals surface area contributed by atoms with Gasteiger partial charge in [-0.1, -0.05) is 17.9 Å². The summed E-state index contributed by atoms with van der Waals surface area (Å²) >= 11 is 3.08. The maximum Gasteiger partial charge on any atom is 0.416 e. The minimum atomic E-state index is -4.43. The second-order valence-corrected chi connectivity index (χ2v) is 5.54. The van der Waals surface area contributed by atoms with Gasteiger partial charge in [0.25, 0.3) is 5.91 Å². The predicted molar refractivity (Wildman–Crippen MR) is 84.8 cm³/mol. The molecule has 0 aliphatic heterocycles. The van der Waals surface area contributed by atoms with Gasteiger partial charge in [-0.05, 0) is 52.3 Å². The van der Waals surface area contributed by atoms with Gasteiger partial charge in [0.1, 0.15) is 5.82 Å². The van der Waals surface area contributed by atoms with Crippen LogP contribution in [0.2, 0.25) is 0 Å². The van der Waals surface area contributed by atoms with Gasteiger partial charge < -0.3 is 5.32 Å². The number of hydrogen-bond acceptors (Lipinski definition) is 1. The first-order chi connectivity index (χ1) is 11.3. The molecular formula is C17H10BrF4NO. The summed E-state index contributed by atoms with van der Waals surface area (Å²) in [6.45, 7) is -0.0567. The lowest BCUT2D eigenvalue weighted by molar-refractivity contribution is -0.137. The summed E-state index contributed by atoms with van der Waals surface area (Å²) < 4.78 is 51.0. The second-order valence-electron chi connectivity index (χ2n) is 4.69. The van der Waals surface area contributed by atoms with Crippen LogP contribution in [0.5, 0.6) is 0 Å². The Hall–Kier alpha value is -2.33. The maximum absolute atomic E-state index is 13.0. The van der Waals surface area contributed by atoms with Gasteiger partial charge in [0, 0.05) is 10.0 Å². The van der Waals surface area contributed by atoms with E-state index in [1.54, 1.807) is 0 Å². The van der Waals surface area contributed by atoms with Gasteiger partial charge in [-0.25, -0.2) is 4.39 Å². The molecule has 124 valence electrons. The van der Waals surface area contributed by atoms with Crippen molar-refractivity contribution >= 4 is 21.8 Å². The van der Waals surface area contributed by atoms with Crippen molar-refractivity contribution in [2.45, 2.75) is 6.18 Å². The highest BCUT2D eigenvalue weighted by molar-refractivity contribution is 9.10. The van der Waals surface area contributed by atoms with Crippen molar-refractivity contribution in [3.05, 3.63) is 69.4 Å². The molecule has 0 aliphatic rings. The third-order valence-corrected chi connectivity index (χ3v) is 3.59. The third kappa shape index (κ3) is 4.83. The van der Waals surface area contributed by atoms with Gasteiger partial charge in [0.15, 0.2) is 0 Å². The molecule has 0 atom stereocenters. The fourth-order valence-electron chi connectivity index (χ4n) is 1.81. The van der Waals surface area contributed by atoms with Crippen LogP contribution in [0.25, 0.3) is 0 Å². The topological polar surface area (TPSA) is 29.1 Å². The van der Waals surface area contributed by atoms with E-state index in [4.69, 9.17) is 0 Å². The van der Waals surface area contributed by atoms with Gasteiger partial charge in [-0.2, -0.15) is 13.2 Å². The average molecular weight is 400 g/mol. The van der Waals surface area contributed by atoms with E-state index in [0.717, 1.165) is 24.3 Å². The van der Waals surface area contributed by atoms with E-state index in [9.17, 15) is 22.4 Å². The molecule has 0 radical (unpaired) electrons. The maximum atomic E-state index is 13.0. The molecule has 1 amide bonds.